The second-order valence-corrected chi connectivity index (χ2v) is 3.36. The molecule has 1 aromatic carbocycles. The second-order valence-electron chi connectivity index (χ2n) is 3.36. The van der Waals surface area contributed by atoms with Crippen molar-refractivity contribution < 1.29 is 17.6 Å². The third-order valence-electron chi connectivity index (χ3n) is 2.39. The van der Waals surface area contributed by atoms with Gasteiger partial charge >= 0.3 is 0 Å². The molecule has 86 valence electrons. The number of halogens is 4. The van der Waals surface area contributed by atoms with Crippen LogP contribution < -0.4 is 5.73 Å². The highest BCUT2D eigenvalue weighted by Gasteiger charge is 2.23. The largest absolute Gasteiger partial charge is 0.358 e. The fraction of sp³-hybridized carbons (Fsp3) is 0.200. The number of hydrogen-bond acceptors (Lipinski definition) is 1. The minimum absolute atomic E-state index is 0.201. The Labute approximate surface area is 88.1 Å². The SMILES string of the molecule is NCCc1c[nH]c2c(F)c(F)c(F)c(F)c12. The molecule has 0 amide bonds. The normalized spacial score (nSPS) is 11.3. The van der Waals surface area contributed by atoms with Crippen molar-refractivity contribution in [2.75, 3.05) is 6.54 Å². The molecule has 6 heteroatoms. The number of fused-ring (bicyclic) bond motifs is 1. The van der Waals surface area contributed by atoms with Gasteiger partial charge in [-0.15, -0.1) is 0 Å². The standard InChI is InChI=1S/C10H8F4N2/c11-6-5-4(1-2-15)3-16-10(5)9(14)8(13)7(6)12/h3,16H,1-2,15H2. The van der Waals surface area contributed by atoms with Crippen molar-refractivity contribution in [2.45, 2.75) is 6.42 Å². The first kappa shape index (κ1) is 10.9. The van der Waals surface area contributed by atoms with Gasteiger partial charge in [-0.3, -0.25) is 0 Å². The Balaban J connectivity index is 2.83. The van der Waals surface area contributed by atoms with Crippen molar-refractivity contribution in [3.05, 3.63) is 35.0 Å². The van der Waals surface area contributed by atoms with E-state index in [0.29, 0.717) is 5.56 Å². The van der Waals surface area contributed by atoms with E-state index in [2.05, 4.69) is 4.98 Å². The maximum Gasteiger partial charge on any atom is 0.199 e. The number of benzene rings is 1. The van der Waals surface area contributed by atoms with Crippen LogP contribution in [0.1, 0.15) is 5.56 Å². The molecular weight excluding hydrogens is 224 g/mol. The topological polar surface area (TPSA) is 41.8 Å². The summed E-state index contributed by atoms with van der Waals surface area (Å²) in [7, 11) is 0. The summed E-state index contributed by atoms with van der Waals surface area (Å²) in [6.45, 7) is 0.201. The van der Waals surface area contributed by atoms with Crippen LogP contribution in [-0.2, 0) is 6.42 Å². The number of H-pyrrole nitrogens is 1. The van der Waals surface area contributed by atoms with Crippen LogP contribution in [0.25, 0.3) is 10.9 Å². The molecule has 0 fully saturated rings. The lowest BCUT2D eigenvalue weighted by atomic mass is 10.1. The molecule has 2 rings (SSSR count). The average Bonchev–Trinajstić information content (AvgIpc) is 2.68. The van der Waals surface area contributed by atoms with Gasteiger partial charge in [0.05, 0.1) is 5.52 Å². The Morgan fingerprint density at radius 2 is 1.62 bits per heavy atom. The van der Waals surface area contributed by atoms with Crippen LogP contribution in [0.3, 0.4) is 0 Å². The number of hydrogen-bond donors (Lipinski definition) is 2. The van der Waals surface area contributed by atoms with E-state index in [9.17, 15) is 17.6 Å². The fourth-order valence-electron chi connectivity index (χ4n) is 1.65. The zero-order valence-electron chi connectivity index (χ0n) is 8.08. The minimum atomic E-state index is -1.81. The Morgan fingerprint density at radius 1 is 1.00 bits per heavy atom. The molecule has 1 heterocycles. The first-order valence-corrected chi connectivity index (χ1v) is 4.60. The van der Waals surface area contributed by atoms with Crippen LogP contribution in [0, 0.1) is 23.3 Å². The van der Waals surface area contributed by atoms with Gasteiger partial charge in [-0.25, -0.2) is 17.6 Å². The maximum atomic E-state index is 13.4. The minimum Gasteiger partial charge on any atom is -0.358 e. The molecule has 0 aliphatic carbocycles. The molecule has 0 saturated heterocycles. The van der Waals surface area contributed by atoms with Crippen molar-refractivity contribution in [1.29, 1.82) is 0 Å². The molecule has 0 unspecified atom stereocenters. The summed E-state index contributed by atoms with van der Waals surface area (Å²) in [5, 5.41) is -0.276. The van der Waals surface area contributed by atoms with Crippen LogP contribution in [0.2, 0.25) is 0 Å². The van der Waals surface area contributed by atoms with Gasteiger partial charge in [0.1, 0.15) is 0 Å². The summed E-state index contributed by atoms with van der Waals surface area (Å²) in [5.41, 5.74) is 5.22. The molecule has 16 heavy (non-hydrogen) atoms. The van der Waals surface area contributed by atoms with E-state index in [1.54, 1.807) is 0 Å². The van der Waals surface area contributed by atoms with E-state index in [1.165, 1.54) is 6.20 Å². The molecule has 0 aliphatic heterocycles. The van der Waals surface area contributed by atoms with Gasteiger partial charge in [-0.1, -0.05) is 0 Å². The van der Waals surface area contributed by atoms with Gasteiger partial charge in [-0.2, -0.15) is 0 Å². The zero-order chi connectivity index (χ0) is 11.9. The molecule has 0 saturated carbocycles. The molecular formula is C10H8F4N2. The molecule has 0 radical (unpaired) electrons. The van der Waals surface area contributed by atoms with Crippen LogP contribution in [0.4, 0.5) is 17.6 Å². The third-order valence-corrected chi connectivity index (χ3v) is 2.39. The number of aromatic nitrogens is 1. The van der Waals surface area contributed by atoms with Crippen LogP contribution in [0.5, 0.6) is 0 Å². The monoisotopic (exact) mass is 232 g/mol. The summed E-state index contributed by atoms with van der Waals surface area (Å²) in [5.74, 6) is -6.43. The van der Waals surface area contributed by atoms with E-state index >= 15 is 0 Å². The zero-order valence-corrected chi connectivity index (χ0v) is 8.08. The van der Waals surface area contributed by atoms with Gasteiger partial charge in [-0.05, 0) is 18.5 Å². The Kier molecular flexibility index (Phi) is 2.59. The van der Waals surface area contributed by atoms with Crippen molar-refractivity contribution in [3.8, 4) is 0 Å². The Bertz CT molecular complexity index is 547. The van der Waals surface area contributed by atoms with Gasteiger partial charge in [0.2, 0.25) is 0 Å². The first-order chi connectivity index (χ1) is 7.57. The van der Waals surface area contributed by atoms with Crippen LogP contribution >= 0.6 is 0 Å². The molecule has 0 spiro atoms. The lowest BCUT2D eigenvalue weighted by Crippen LogP contribution is -2.03. The summed E-state index contributed by atoms with van der Waals surface area (Å²) in [6.07, 6.45) is 1.55. The van der Waals surface area contributed by atoms with Gasteiger partial charge in [0.25, 0.3) is 0 Å². The molecule has 2 aromatic rings. The van der Waals surface area contributed by atoms with Crippen molar-refractivity contribution >= 4 is 10.9 Å². The summed E-state index contributed by atoms with van der Waals surface area (Å²) < 4.78 is 52.5. The van der Waals surface area contributed by atoms with Crippen molar-refractivity contribution in [1.82, 2.24) is 4.98 Å². The molecule has 2 nitrogen and oxygen atoms in total. The van der Waals surface area contributed by atoms with Gasteiger partial charge < -0.3 is 10.7 Å². The van der Waals surface area contributed by atoms with E-state index in [0.717, 1.165) is 0 Å². The van der Waals surface area contributed by atoms with E-state index < -0.39 is 23.3 Å². The fourth-order valence-corrected chi connectivity index (χ4v) is 1.65. The second kappa shape index (κ2) is 3.79. The molecule has 0 bridgehead atoms. The highest BCUT2D eigenvalue weighted by Crippen LogP contribution is 2.28. The van der Waals surface area contributed by atoms with E-state index in [1.807, 2.05) is 0 Å². The summed E-state index contributed by atoms with van der Waals surface area (Å²) >= 11 is 0. The summed E-state index contributed by atoms with van der Waals surface area (Å²) in [6, 6.07) is 0. The predicted molar refractivity (Wildman–Crippen MR) is 50.9 cm³/mol. The van der Waals surface area contributed by atoms with E-state index in [-0.39, 0.29) is 23.9 Å². The average molecular weight is 232 g/mol. The van der Waals surface area contributed by atoms with Gasteiger partial charge in [0.15, 0.2) is 23.3 Å². The molecule has 0 aliphatic rings. The maximum absolute atomic E-state index is 13.4. The lowest BCUT2D eigenvalue weighted by Gasteiger charge is -2.02. The Hall–Kier alpha value is -1.56. The molecule has 3 N–H and O–H groups in total. The smallest absolute Gasteiger partial charge is 0.199 e. The number of rotatable bonds is 2. The predicted octanol–water partition coefficient (Wildman–Crippen LogP) is 2.23. The lowest BCUT2D eigenvalue weighted by molar-refractivity contribution is 0.417. The quantitative estimate of drug-likeness (QED) is 0.465. The summed E-state index contributed by atoms with van der Waals surface area (Å²) in [4.78, 5) is 2.37. The van der Waals surface area contributed by atoms with Crippen LogP contribution in [0.15, 0.2) is 6.20 Å². The first-order valence-electron chi connectivity index (χ1n) is 4.60. The highest BCUT2D eigenvalue weighted by atomic mass is 19.2. The van der Waals surface area contributed by atoms with Crippen molar-refractivity contribution in [2.24, 2.45) is 5.73 Å². The van der Waals surface area contributed by atoms with Crippen LogP contribution in [-0.4, -0.2) is 11.5 Å². The van der Waals surface area contributed by atoms with Crippen molar-refractivity contribution in [3.63, 3.8) is 0 Å². The number of nitrogens with two attached hydrogens (primary N) is 1. The molecule has 0 atom stereocenters. The molecule has 1 aromatic heterocycles. The highest BCUT2D eigenvalue weighted by molar-refractivity contribution is 5.84. The third kappa shape index (κ3) is 1.37. The number of aromatic amines is 1. The Morgan fingerprint density at radius 3 is 2.25 bits per heavy atom. The van der Waals surface area contributed by atoms with E-state index in [4.69, 9.17) is 5.73 Å². The number of nitrogens with one attached hydrogen (secondary N) is 1. The van der Waals surface area contributed by atoms with Gasteiger partial charge in [0, 0.05) is 11.6 Å².